The molecule has 3 aromatic rings. The standard InChI is InChI=1S/C23H25Br2N3O2/c1-5-14(3)22-27-20-9-7-18(25)12-19(20)23(29)28(22)26-13-16-11-17(24)8-10-21(16)30-15(4)6-2/h7-15H,5-6H2,1-4H3/t14-,15-/m0/s1. The van der Waals surface area contributed by atoms with Crippen LogP contribution >= 0.6 is 31.9 Å². The topological polar surface area (TPSA) is 56.5 Å². The van der Waals surface area contributed by atoms with Crippen molar-refractivity contribution in [3.05, 3.63) is 67.1 Å². The van der Waals surface area contributed by atoms with Crippen LogP contribution < -0.4 is 10.3 Å². The molecule has 2 atom stereocenters. The first-order valence-electron chi connectivity index (χ1n) is 10.1. The Bertz CT molecular complexity index is 1140. The molecular formula is C23H25Br2N3O2. The van der Waals surface area contributed by atoms with Crippen LogP contribution in [0.4, 0.5) is 0 Å². The average Bonchev–Trinajstić information content (AvgIpc) is 2.74. The zero-order valence-corrected chi connectivity index (χ0v) is 20.7. The van der Waals surface area contributed by atoms with Crippen molar-refractivity contribution in [2.45, 2.75) is 52.6 Å². The highest BCUT2D eigenvalue weighted by Crippen LogP contribution is 2.24. The van der Waals surface area contributed by atoms with E-state index in [1.54, 1.807) is 12.3 Å². The summed E-state index contributed by atoms with van der Waals surface area (Å²) in [5.74, 6) is 1.46. The van der Waals surface area contributed by atoms with E-state index in [1.165, 1.54) is 4.68 Å². The van der Waals surface area contributed by atoms with Gasteiger partial charge in [0, 0.05) is 20.4 Å². The third-order valence-corrected chi connectivity index (χ3v) is 6.06. The zero-order chi connectivity index (χ0) is 21.8. The number of halogens is 2. The monoisotopic (exact) mass is 533 g/mol. The third kappa shape index (κ3) is 5.01. The summed E-state index contributed by atoms with van der Waals surface area (Å²) in [5.41, 5.74) is 1.28. The number of ether oxygens (including phenoxy) is 1. The van der Waals surface area contributed by atoms with Gasteiger partial charge in [0.2, 0.25) is 0 Å². The van der Waals surface area contributed by atoms with Crippen molar-refractivity contribution in [3.8, 4) is 5.75 Å². The van der Waals surface area contributed by atoms with Gasteiger partial charge < -0.3 is 4.74 Å². The van der Waals surface area contributed by atoms with Crippen molar-refractivity contribution in [1.82, 2.24) is 9.66 Å². The van der Waals surface area contributed by atoms with Gasteiger partial charge in [0.15, 0.2) is 0 Å². The number of rotatable bonds is 7. The molecule has 7 heteroatoms. The molecule has 0 saturated carbocycles. The normalized spacial score (nSPS) is 13.7. The summed E-state index contributed by atoms with van der Waals surface area (Å²) in [7, 11) is 0. The van der Waals surface area contributed by atoms with Gasteiger partial charge in [0.1, 0.15) is 11.6 Å². The van der Waals surface area contributed by atoms with Crippen LogP contribution in [0, 0.1) is 0 Å². The molecule has 1 aromatic heterocycles. The van der Waals surface area contributed by atoms with E-state index in [9.17, 15) is 4.79 Å². The van der Waals surface area contributed by atoms with Crippen molar-refractivity contribution in [3.63, 3.8) is 0 Å². The lowest BCUT2D eigenvalue weighted by Crippen LogP contribution is -2.23. The van der Waals surface area contributed by atoms with Gasteiger partial charge in [-0.05, 0) is 56.2 Å². The Morgan fingerprint density at radius 2 is 1.80 bits per heavy atom. The highest BCUT2D eigenvalue weighted by molar-refractivity contribution is 9.10. The van der Waals surface area contributed by atoms with Gasteiger partial charge >= 0.3 is 0 Å². The first-order valence-corrected chi connectivity index (χ1v) is 11.6. The average molecular weight is 535 g/mol. The second-order valence-corrected chi connectivity index (χ2v) is 9.15. The SMILES string of the molecule is CC[C@H](C)Oc1ccc(Br)cc1C=Nn1c([C@@H](C)CC)nc2ccc(Br)cc2c1=O. The predicted molar refractivity (Wildman–Crippen MR) is 130 cm³/mol. The van der Waals surface area contributed by atoms with E-state index >= 15 is 0 Å². The van der Waals surface area contributed by atoms with Crippen LogP contribution in [0.3, 0.4) is 0 Å². The molecule has 0 bridgehead atoms. The lowest BCUT2D eigenvalue weighted by molar-refractivity contribution is 0.217. The van der Waals surface area contributed by atoms with E-state index < -0.39 is 0 Å². The van der Waals surface area contributed by atoms with Gasteiger partial charge in [-0.15, -0.1) is 0 Å². The van der Waals surface area contributed by atoms with E-state index in [-0.39, 0.29) is 17.6 Å². The van der Waals surface area contributed by atoms with Crippen molar-refractivity contribution < 1.29 is 4.74 Å². The number of benzene rings is 2. The summed E-state index contributed by atoms with van der Waals surface area (Å²) in [4.78, 5) is 18.0. The molecule has 0 fully saturated rings. The molecule has 0 saturated heterocycles. The molecule has 5 nitrogen and oxygen atoms in total. The van der Waals surface area contributed by atoms with Gasteiger partial charge in [0.25, 0.3) is 5.56 Å². The Morgan fingerprint density at radius 3 is 2.50 bits per heavy atom. The molecule has 0 radical (unpaired) electrons. The molecule has 158 valence electrons. The van der Waals surface area contributed by atoms with E-state index in [4.69, 9.17) is 9.72 Å². The summed E-state index contributed by atoms with van der Waals surface area (Å²) >= 11 is 6.95. The van der Waals surface area contributed by atoms with Gasteiger partial charge in [0.05, 0.1) is 23.2 Å². The number of hydrogen-bond acceptors (Lipinski definition) is 4. The van der Waals surface area contributed by atoms with Gasteiger partial charge in [-0.1, -0.05) is 52.6 Å². The summed E-state index contributed by atoms with van der Waals surface area (Å²) in [6.45, 7) is 8.23. The molecule has 0 unspecified atom stereocenters. The van der Waals surface area contributed by atoms with Gasteiger partial charge in [-0.3, -0.25) is 4.79 Å². The number of nitrogens with zero attached hydrogens (tertiary/aromatic N) is 3. The van der Waals surface area contributed by atoms with E-state index in [2.05, 4.69) is 57.7 Å². The maximum absolute atomic E-state index is 13.3. The van der Waals surface area contributed by atoms with Crippen LogP contribution in [-0.2, 0) is 0 Å². The summed E-state index contributed by atoms with van der Waals surface area (Å²) in [6.07, 6.45) is 3.49. The van der Waals surface area contributed by atoms with Crippen LogP contribution in [0.2, 0.25) is 0 Å². The quantitative estimate of drug-likeness (QED) is 0.325. The molecule has 2 aromatic carbocycles. The first-order chi connectivity index (χ1) is 14.3. The molecule has 0 aliphatic rings. The minimum atomic E-state index is -0.188. The summed E-state index contributed by atoms with van der Waals surface area (Å²) in [5, 5.41) is 5.09. The third-order valence-electron chi connectivity index (χ3n) is 5.07. The maximum Gasteiger partial charge on any atom is 0.282 e. The number of aromatic nitrogens is 2. The second kappa shape index (κ2) is 9.88. The van der Waals surface area contributed by atoms with Crippen LogP contribution in [0.25, 0.3) is 10.9 Å². The Labute approximate surface area is 193 Å². The highest BCUT2D eigenvalue weighted by atomic mass is 79.9. The van der Waals surface area contributed by atoms with E-state index in [0.29, 0.717) is 16.7 Å². The van der Waals surface area contributed by atoms with Gasteiger partial charge in [-0.2, -0.15) is 9.78 Å². The fraction of sp³-hybridized carbons (Fsp3) is 0.348. The summed E-state index contributed by atoms with van der Waals surface area (Å²) in [6, 6.07) is 11.3. The lowest BCUT2D eigenvalue weighted by Gasteiger charge is -2.16. The molecule has 0 aliphatic carbocycles. The molecule has 0 aliphatic heterocycles. The fourth-order valence-corrected chi connectivity index (χ4v) is 3.67. The smallest absolute Gasteiger partial charge is 0.282 e. The zero-order valence-electron chi connectivity index (χ0n) is 17.5. The van der Waals surface area contributed by atoms with E-state index in [0.717, 1.165) is 33.1 Å². The molecule has 3 rings (SSSR count). The fourth-order valence-electron chi connectivity index (χ4n) is 2.93. The van der Waals surface area contributed by atoms with Crippen molar-refractivity contribution in [2.75, 3.05) is 0 Å². The summed E-state index contributed by atoms with van der Waals surface area (Å²) < 4.78 is 9.19. The molecule has 0 amide bonds. The van der Waals surface area contributed by atoms with E-state index in [1.807, 2.05) is 37.3 Å². The Balaban J connectivity index is 2.15. The number of fused-ring (bicyclic) bond motifs is 1. The largest absolute Gasteiger partial charge is 0.490 e. The Kier molecular flexibility index (Phi) is 7.47. The van der Waals surface area contributed by atoms with Crippen molar-refractivity contribution in [2.24, 2.45) is 5.10 Å². The van der Waals surface area contributed by atoms with Crippen LogP contribution in [0.1, 0.15) is 57.8 Å². The predicted octanol–water partition coefficient (Wildman–Crippen LogP) is 6.49. The Morgan fingerprint density at radius 1 is 1.10 bits per heavy atom. The molecular weight excluding hydrogens is 510 g/mol. The van der Waals surface area contributed by atoms with Crippen molar-refractivity contribution >= 4 is 49.0 Å². The van der Waals surface area contributed by atoms with Crippen LogP contribution in [-0.4, -0.2) is 22.0 Å². The molecule has 1 heterocycles. The second-order valence-electron chi connectivity index (χ2n) is 7.32. The maximum atomic E-state index is 13.3. The first kappa shape index (κ1) is 22.7. The minimum absolute atomic E-state index is 0.0800. The molecule has 30 heavy (non-hydrogen) atoms. The lowest BCUT2D eigenvalue weighted by atomic mass is 10.1. The Hall–Kier alpha value is -1.99. The molecule has 0 N–H and O–H groups in total. The molecule has 0 spiro atoms. The van der Waals surface area contributed by atoms with Crippen LogP contribution in [0.5, 0.6) is 5.75 Å². The van der Waals surface area contributed by atoms with Crippen LogP contribution in [0.15, 0.2) is 55.2 Å². The number of hydrogen-bond donors (Lipinski definition) is 0. The van der Waals surface area contributed by atoms with Crippen molar-refractivity contribution in [1.29, 1.82) is 0 Å². The minimum Gasteiger partial charge on any atom is -0.490 e. The highest BCUT2D eigenvalue weighted by Gasteiger charge is 2.16. The van der Waals surface area contributed by atoms with Gasteiger partial charge in [-0.25, -0.2) is 4.98 Å².